The number of benzene rings is 1. The van der Waals surface area contributed by atoms with Crippen LogP contribution >= 0.6 is 0 Å². The molecule has 2 amide bonds. The van der Waals surface area contributed by atoms with Gasteiger partial charge in [-0.1, -0.05) is 6.07 Å². The van der Waals surface area contributed by atoms with Crippen molar-refractivity contribution in [2.24, 2.45) is 5.92 Å². The standard InChI is InChI=1S/C16H20N2O5/c19-9-12-2-1-5-17(12)18-15(22)7-11(16(18)23)6-10-3-4-13(20)8-14(10)21/h3-4,8,11-12,19-21H,1-2,5-7,9H2. The molecular formula is C16H20N2O5. The lowest BCUT2D eigenvalue weighted by Crippen LogP contribution is -2.50. The molecule has 3 N–H and O–H groups in total. The Hall–Kier alpha value is -2.12. The lowest BCUT2D eigenvalue weighted by molar-refractivity contribution is -0.160. The van der Waals surface area contributed by atoms with Crippen molar-refractivity contribution < 1.29 is 24.9 Å². The Labute approximate surface area is 133 Å². The highest BCUT2D eigenvalue weighted by Crippen LogP contribution is 2.32. The lowest BCUT2D eigenvalue weighted by atomic mass is 9.97. The molecule has 2 atom stereocenters. The molecule has 0 bridgehead atoms. The number of phenolic OH excluding ortho intramolecular Hbond substituents is 2. The smallest absolute Gasteiger partial charge is 0.247 e. The van der Waals surface area contributed by atoms with Crippen LogP contribution in [0.1, 0.15) is 24.8 Å². The highest BCUT2D eigenvalue weighted by atomic mass is 16.3. The molecule has 124 valence electrons. The second kappa shape index (κ2) is 6.17. The second-order valence-electron chi connectivity index (χ2n) is 6.10. The van der Waals surface area contributed by atoms with Gasteiger partial charge in [-0.2, -0.15) is 0 Å². The minimum absolute atomic E-state index is 0.0513. The number of amides is 2. The van der Waals surface area contributed by atoms with Gasteiger partial charge in [-0.05, 0) is 30.9 Å². The Balaban J connectivity index is 1.76. The first-order chi connectivity index (χ1) is 11.0. The van der Waals surface area contributed by atoms with Crippen molar-refractivity contribution in [3.05, 3.63) is 23.8 Å². The molecule has 2 unspecified atom stereocenters. The van der Waals surface area contributed by atoms with E-state index in [0.717, 1.165) is 12.8 Å². The van der Waals surface area contributed by atoms with Crippen LogP contribution in [0.5, 0.6) is 11.5 Å². The number of carbonyl (C=O) groups is 2. The Morgan fingerprint density at radius 2 is 2.00 bits per heavy atom. The SMILES string of the molecule is O=C1CC(Cc2ccc(O)cc2O)C(=O)N1N1CCCC1CO. The summed E-state index contributed by atoms with van der Waals surface area (Å²) in [7, 11) is 0. The van der Waals surface area contributed by atoms with Gasteiger partial charge in [0.1, 0.15) is 11.5 Å². The number of aromatic hydroxyl groups is 2. The van der Waals surface area contributed by atoms with Crippen LogP contribution in [0.3, 0.4) is 0 Å². The molecule has 2 saturated heterocycles. The summed E-state index contributed by atoms with van der Waals surface area (Å²) in [5, 5.41) is 31.4. The van der Waals surface area contributed by atoms with Crippen molar-refractivity contribution in [1.29, 1.82) is 0 Å². The van der Waals surface area contributed by atoms with Gasteiger partial charge >= 0.3 is 0 Å². The monoisotopic (exact) mass is 320 g/mol. The number of hydrogen-bond donors (Lipinski definition) is 3. The zero-order chi connectivity index (χ0) is 16.6. The predicted molar refractivity (Wildman–Crippen MR) is 80.2 cm³/mol. The molecule has 23 heavy (non-hydrogen) atoms. The molecule has 1 aromatic carbocycles. The molecule has 0 aliphatic carbocycles. The molecule has 0 aromatic heterocycles. The van der Waals surface area contributed by atoms with Crippen LogP contribution < -0.4 is 0 Å². The summed E-state index contributed by atoms with van der Waals surface area (Å²) in [6.45, 7) is 0.500. The highest BCUT2D eigenvalue weighted by Gasteiger charge is 2.45. The molecule has 7 nitrogen and oxygen atoms in total. The van der Waals surface area contributed by atoms with Crippen LogP contribution in [0.25, 0.3) is 0 Å². The molecule has 3 rings (SSSR count). The summed E-state index contributed by atoms with van der Waals surface area (Å²) >= 11 is 0. The van der Waals surface area contributed by atoms with Crippen LogP contribution in [-0.4, -0.2) is 56.3 Å². The molecule has 2 heterocycles. The van der Waals surface area contributed by atoms with Crippen LogP contribution in [0.15, 0.2) is 18.2 Å². The minimum atomic E-state index is -0.530. The van der Waals surface area contributed by atoms with E-state index < -0.39 is 5.92 Å². The van der Waals surface area contributed by atoms with Crippen molar-refractivity contribution in [1.82, 2.24) is 10.0 Å². The number of nitrogens with zero attached hydrogens (tertiary/aromatic N) is 2. The largest absolute Gasteiger partial charge is 0.508 e. The van der Waals surface area contributed by atoms with E-state index in [9.17, 15) is 24.9 Å². The van der Waals surface area contributed by atoms with Gasteiger partial charge < -0.3 is 15.3 Å². The fraction of sp³-hybridized carbons (Fsp3) is 0.500. The van der Waals surface area contributed by atoms with Gasteiger partial charge in [-0.15, -0.1) is 0 Å². The number of hydrogen-bond acceptors (Lipinski definition) is 6. The minimum Gasteiger partial charge on any atom is -0.508 e. The first-order valence-corrected chi connectivity index (χ1v) is 7.76. The number of carbonyl (C=O) groups excluding carboxylic acids is 2. The summed E-state index contributed by atoms with van der Waals surface area (Å²) < 4.78 is 0. The molecule has 2 aliphatic heterocycles. The van der Waals surface area contributed by atoms with Crippen molar-refractivity contribution in [2.45, 2.75) is 31.7 Å². The fourth-order valence-electron chi connectivity index (χ4n) is 3.37. The maximum absolute atomic E-state index is 12.6. The molecule has 1 aromatic rings. The van der Waals surface area contributed by atoms with Gasteiger partial charge in [0.05, 0.1) is 18.6 Å². The Kier molecular flexibility index (Phi) is 4.23. The molecule has 0 spiro atoms. The topological polar surface area (TPSA) is 101 Å². The number of imide groups is 1. The summed E-state index contributed by atoms with van der Waals surface area (Å²) in [5.41, 5.74) is 0.524. The molecule has 7 heteroatoms. The third kappa shape index (κ3) is 2.89. The van der Waals surface area contributed by atoms with E-state index in [0.29, 0.717) is 12.1 Å². The fourth-order valence-corrected chi connectivity index (χ4v) is 3.37. The third-order valence-electron chi connectivity index (χ3n) is 4.56. The van der Waals surface area contributed by atoms with Gasteiger partial charge in [-0.3, -0.25) is 9.59 Å². The lowest BCUT2D eigenvalue weighted by Gasteiger charge is -2.30. The summed E-state index contributed by atoms with van der Waals surface area (Å²) in [6.07, 6.45) is 1.93. The van der Waals surface area contributed by atoms with E-state index in [1.807, 2.05) is 0 Å². The predicted octanol–water partition coefficient (Wildman–Crippen LogP) is 0.387. The normalized spacial score (nSPS) is 25.5. The Bertz CT molecular complexity index is 633. The van der Waals surface area contributed by atoms with E-state index in [1.165, 1.54) is 17.1 Å². The van der Waals surface area contributed by atoms with Crippen LogP contribution in [0.2, 0.25) is 0 Å². The molecule has 2 fully saturated rings. The average molecular weight is 320 g/mol. The quantitative estimate of drug-likeness (QED) is 0.694. The average Bonchev–Trinajstić information content (AvgIpc) is 3.06. The van der Waals surface area contributed by atoms with Crippen molar-refractivity contribution in [3.63, 3.8) is 0 Å². The van der Waals surface area contributed by atoms with E-state index in [-0.39, 0.29) is 48.8 Å². The summed E-state index contributed by atoms with van der Waals surface area (Å²) in [6, 6.07) is 4.02. The van der Waals surface area contributed by atoms with Crippen LogP contribution in [0, 0.1) is 5.92 Å². The third-order valence-corrected chi connectivity index (χ3v) is 4.56. The van der Waals surface area contributed by atoms with Crippen molar-refractivity contribution in [3.8, 4) is 11.5 Å². The number of rotatable bonds is 4. The van der Waals surface area contributed by atoms with Gasteiger partial charge in [0.2, 0.25) is 11.8 Å². The van der Waals surface area contributed by atoms with Gasteiger partial charge in [0.25, 0.3) is 0 Å². The maximum atomic E-state index is 12.6. The van der Waals surface area contributed by atoms with Gasteiger partial charge in [0.15, 0.2) is 0 Å². The zero-order valence-electron chi connectivity index (χ0n) is 12.7. The summed E-state index contributed by atoms with van der Waals surface area (Å²) in [5.74, 6) is -1.22. The Morgan fingerprint density at radius 3 is 2.70 bits per heavy atom. The Morgan fingerprint density at radius 1 is 1.22 bits per heavy atom. The first kappa shape index (κ1) is 15.8. The van der Waals surface area contributed by atoms with Gasteiger partial charge in [0, 0.05) is 19.0 Å². The molecule has 0 radical (unpaired) electrons. The highest BCUT2D eigenvalue weighted by molar-refractivity contribution is 6.03. The van der Waals surface area contributed by atoms with Crippen LogP contribution in [-0.2, 0) is 16.0 Å². The van der Waals surface area contributed by atoms with E-state index in [1.54, 1.807) is 11.1 Å². The molecular weight excluding hydrogens is 300 g/mol. The zero-order valence-corrected chi connectivity index (χ0v) is 12.7. The first-order valence-electron chi connectivity index (χ1n) is 7.76. The van der Waals surface area contributed by atoms with E-state index in [2.05, 4.69) is 0 Å². The van der Waals surface area contributed by atoms with Gasteiger partial charge in [-0.25, -0.2) is 10.0 Å². The van der Waals surface area contributed by atoms with Crippen molar-refractivity contribution in [2.75, 3.05) is 13.2 Å². The summed E-state index contributed by atoms with van der Waals surface area (Å²) in [4.78, 5) is 24.8. The van der Waals surface area contributed by atoms with Crippen LogP contribution in [0.4, 0.5) is 0 Å². The number of aliphatic hydroxyl groups excluding tert-OH is 1. The second-order valence-corrected chi connectivity index (χ2v) is 6.10. The molecule has 2 aliphatic rings. The maximum Gasteiger partial charge on any atom is 0.247 e. The van der Waals surface area contributed by atoms with E-state index >= 15 is 0 Å². The number of aliphatic hydroxyl groups is 1. The number of hydrazine groups is 1. The molecule has 0 saturated carbocycles. The number of phenols is 2. The van der Waals surface area contributed by atoms with E-state index in [4.69, 9.17) is 0 Å². The van der Waals surface area contributed by atoms with Crippen molar-refractivity contribution >= 4 is 11.8 Å².